The lowest BCUT2D eigenvalue weighted by Crippen LogP contribution is -2.42. The van der Waals surface area contributed by atoms with E-state index in [1.165, 1.54) is 4.31 Å². The van der Waals surface area contributed by atoms with Gasteiger partial charge in [-0.25, -0.2) is 8.42 Å². The van der Waals surface area contributed by atoms with Crippen molar-refractivity contribution in [3.05, 3.63) is 24.3 Å². The maximum Gasteiger partial charge on any atom is 0.310 e. The first-order chi connectivity index (χ1) is 10.5. The molecule has 7 heteroatoms. The predicted octanol–water partition coefficient (Wildman–Crippen LogP) is 2.37. The summed E-state index contributed by atoms with van der Waals surface area (Å²) >= 11 is 1.56. The Kier molecular flexibility index (Phi) is 5.88. The number of benzene rings is 1. The van der Waals surface area contributed by atoms with Crippen molar-refractivity contribution in [1.29, 1.82) is 0 Å². The summed E-state index contributed by atoms with van der Waals surface area (Å²) < 4.78 is 31.8. The van der Waals surface area contributed by atoms with Gasteiger partial charge in [0, 0.05) is 18.0 Å². The lowest BCUT2D eigenvalue weighted by atomic mass is 10.0. The molecule has 1 atom stereocenters. The number of ether oxygens (including phenoxy) is 1. The zero-order valence-electron chi connectivity index (χ0n) is 12.8. The van der Waals surface area contributed by atoms with Gasteiger partial charge in [0.15, 0.2) is 0 Å². The number of esters is 1. The van der Waals surface area contributed by atoms with Crippen LogP contribution in [0, 0.1) is 5.92 Å². The van der Waals surface area contributed by atoms with Crippen LogP contribution in [-0.2, 0) is 19.6 Å². The standard InChI is InChI=1S/C15H21NO4S2/c1-3-20-15(17)12-5-4-10-16(11-12)22(18,19)14-8-6-13(21-2)7-9-14/h6-9,12H,3-5,10-11H2,1-2H3. The third-order valence-electron chi connectivity index (χ3n) is 3.70. The van der Waals surface area contributed by atoms with E-state index < -0.39 is 10.0 Å². The van der Waals surface area contributed by atoms with Gasteiger partial charge in [-0.3, -0.25) is 4.79 Å². The highest BCUT2D eigenvalue weighted by Crippen LogP contribution is 2.25. The van der Waals surface area contributed by atoms with Crippen molar-refractivity contribution in [2.24, 2.45) is 5.92 Å². The van der Waals surface area contributed by atoms with Crippen LogP contribution >= 0.6 is 11.8 Å². The molecule has 0 spiro atoms. The molecular weight excluding hydrogens is 322 g/mol. The third-order valence-corrected chi connectivity index (χ3v) is 6.32. The smallest absolute Gasteiger partial charge is 0.310 e. The van der Waals surface area contributed by atoms with Gasteiger partial charge in [-0.1, -0.05) is 0 Å². The summed E-state index contributed by atoms with van der Waals surface area (Å²) in [6.45, 7) is 2.72. The van der Waals surface area contributed by atoms with Crippen LogP contribution in [0.4, 0.5) is 0 Å². The fourth-order valence-electron chi connectivity index (χ4n) is 2.51. The molecule has 1 aliphatic heterocycles. The Balaban J connectivity index is 2.15. The van der Waals surface area contributed by atoms with Gasteiger partial charge in [0.2, 0.25) is 10.0 Å². The highest BCUT2D eigenvalue weighted by molar-refractivity contribution is 7.98. The van der Waals surface area contributed by atoms with Gasteiger partial charge in [-0.15, -0.1) is 11.8 Å². The molecule has 0 N–H and O–H groups in total. The fraction of sp³-hybridized carbons (Fsp3) is 0.533. The number of hydrogen-bond acceptors (Lipinski definition) is 5. The lowest BCUT2D eigenvalue weighted by molar-refractivity contribution is -0.149. The molecule has 0 radical (unpaired) electrons. The molecule has 1 unspecified atom stereocenters. The van der Waals surface area contributed by atoms with Crippen molar-refractivity contribution >= 4 is 27.8 Å². The summed E-state index contributed by atoms with van der Waals surface area (Å²) in [6.07, 6.45) is 3.29. The van der Waals surface area contributed by atoms with E-state index in [0.29, 0.717) is 26.0 Å². The van der Waals surface area contributed by atoms with Gasteiger partial charge in [0.25, 0.3) is 0 Å². The van der Waals surface area contributed by atoms with Crippen LogP contribution < -0.4 is 0 Å². The Morgan fingerprint density at radius 1 is 1.36 bits per heavy atom. The normalized spacial score (nSPS) is 19.8. The van der Waals surface area contributed by atoms with E-state index in [9.17, 15) is 13.2 Å². The Morgan fingerprint density at radius 2 is 2.05 bits per heavy atom. The first-order valence-corrected chi connectivity index (χ1v) is 9.96. The number of sulfonamides is 1. The second-order valence-corrected chi connectivity index (χ2v) is 7.95. The van der Waals surface area contributed by atoms with E-state index in [-0.39, 0.29) is 23.3 Å². The molecule has 1 aromatic rings. The van der Waals surface area contributed by atoms with Crippen LogP contribution in [0.3, 0.4) is 0 Å². The Bertz CT molecular complexity index is 613. The molecule has 0 bridgehead atoms. The van der Waals surface area contributed by atoms with Gasteiger partial charge in [-0.2, -0.15) is 4.31 Å². The summed E-state index contributed by atoms with van der Waals surface area (Å²) in [5.41, 5.74) is 0. The van der Waals surface area contributed by atoms with E-state index in [1.807, 2.05) is 6.26 Å². The second-order valence-electron chi connectivity index (χ2n) is 5.13. The Hall–Kier alpha value is -1.05. The molecule has 0 amide bonds. The molecule has 0 aromatic heterocycles. The zero-order valence-corrected chi connectivity index (χ0v) is 14.5. The molecule has 1 aromatic carbocycles. The largest absolute Gasteiger partial charge is 0.466 e. The zero-order chi connectivity index (χ0) is 16.2. The molecule has 1 heterocycles. The molecule has 0 saturated carbocycles. The molecule has 1 fully saturated rings. The quantitative estimate of drug-likeness (QED) is 0.607. The molecule has 1 saturated heterocycles. The molecule has 122 valence electrons. The molecular formula is C15H21NO4S2. The van der Waals surface area contributed by atoms with Crippen molar-refractivity contribution in [3.8, 4) is 0 Å². The maximum atomic E-state index is 12.7. The summed E-state index contributed by atoms with van der Waals surface area (Å²) in [5.74, 6) is -0.672. The van der Waals surface area contributed by atoms with Gasteiger partial charge in [-0.05, 0) is 50.3 Å². The monoisotopic (exact) mass is 343 g/mol. The van der Waals surface area contributed by atoms with E-state index in [1.54, 1.807) is 43.0 Å². The molecule has 0 aliphatic carbocycles. The van der Waals surface area contributed by atoms with Crippen LogP contribution in [0.5, 0.6) is 0 Å². The number of hydrogen-bond donors (Lipinski definition) is 0. The first kappa shape index (κ1) is 17.3. The molecule has 22 heavy (non-hydrogen) atoms. The molecule has 5 nitrogen and oxygen atoms in total. The Morgan fingerprint density at radius 3 is 2.64 bits per heavy atom. The number of rotatable bonds is 5. The van der Waals surface area contributed by atoms with Crippen LogP contribution in [0.1, 0.15) is 19.8 Å². The number of carbonyl (C=O) groups is 1. The van der Waals surface area contributed by atoms with E-state index in [0.717, 1.165) is 4.90 Å². The number of nitrogens with zero attached hydrogens (tertiary/aromatic N) is 1. The number of thioether (sulfide) groups is 1. The minimum Gasteiger partial charge on any atom is -0.466 e. The summed E-state index contributed by atoms with van der Waals surface area (Å²) in [6, 6.07) is 6.83. The van der Waals surface area contributed by atoms with Gasteiger partial charge >= 0.3 is 5.97 Å². The highest BCUT2D eigenvalue weighted by Gasteiger charge is 2.33. The average Bonchev–Trinajstić information content (AvgIpc) is 2.55. The fourth-order valence-corrected chi connectivity index (χ4v) is 4.44. The average molecular weight is 343 g/mol. The van der Waals surface area contributed by atoms with Crippen LogP contribution in [0.25, 0.3) is 0 Å². The first-order valence-electron chi connectivity index (χ1n) is 7.30. The maximum absolute atomic E-state index is 12.7. The summed E-state index contributed by atoms with van der Waals surface area (Å²) in [7, 11) is -3.55. The second kappa shape index (κ2) is 7.48. The van der Waals surface area contributed by atoms with E-state index in [4.69, 9.17) is 4.74 Å². The third kappa shape index (κ3) is 3.83. The Labute approximate surface area is 136 Å². The van der Waals surface area contributed by atoms with Crippen molar-refractivity contribution in [2.75, 3.05) is 26.0 Å². The van der Waals surface area contributed by atoms with Gasteiger partial charge in [0.05, 0.1) is 17.4 Å². The summed E-state index contributed by atoms with van der Waals surface area (Å²) in [4.78, 5) is 13.1. The van der Waals surface area contributed by atoms with Crippen molar-refractivity contribution in [1.82, 2.24) is 4.31 Å². The SMILES string of the molecule is CCOC(=O)C1CCCN(S(=O)(=O)c2ccc(SC)cc2)C1. The van der Waals surface area contributed by atoms with Crippen LogP contribution in [0.15, 0.2) is 34.1 Å². The van der Waals surface area contributed by atoms with Crippen molar-refractivity contribution in [2.45, 2.75) is 29.6 Å². The van der Waals surface area contributed by atoms with Crippen molar-refractivity contribution < 1.29 is 17.9 Å². The lowest BCUT2D eigenvalue weighted by Gasteiger charge is -2.30. The topological polar surface area (TPSA) is 63.7 Å². The minimum atomic E-state index is -3.55. The van der Waals surface area contributed by atoms with Gasteiger partial charge < -0.3 is 4.74 Å². The highest BCUT2D eigenvalue weighted by atomic mass is 32.2. The number of piperidine rings is 1. The van der Waals surface area contributed by atoms with Crippen molar-refractivity contribution in [3.63, 3.8) is 0 Å². The molecule has 1 aliphatic rings. The van der Waals surface area contributed by atoms with Crippen LogP contribution in [-0.4, -0.2) is 44.6 Å². The van der Waals surface area contributed by atoms with E-state index >= 15 is 0 Å². The van der Waals surface area contributed by atoms with Crippen LogP contribution in [0.2, 0.25) is 0 Å². The summed E-state index contributed by atoms with van der Waals surface area (Å²) in [5, 5.41) is 0. The predicted molar refractivity (Wildman–Crippen MR) is 86.3 cm³/mol. The van der Waals surface area contributed by atoms with E-state index in [2.05, 4.69) is 0 Å². The number of carbonyl (C=O) groups excluding carboxylic acids is 1. The minimum absolute atomic E-state index is 0.200. The van der Waals surface area contributed by atoms with Gasteiger partial charge in [0.1, 0.15) is 0 Å². The molecule has 2 rings (SSSR count).